The van der Waals surface area contributed by atoms with Gasteiger partial charge in [0.1, 0.15) is 5.76 Å². The first-order valence-corrected chi connectivity index (χ1v) is 4.97. The van der Waals surface area contributed by atoms with Crippen molar-refractivity contribution in [1.82, 2.24) is 0 Å². The lowest BCUT2D eigenvalue weighted by molar-refractivity contribution is 0.169. The third-order valence-electron chi connectivity index (χ3n) is 2.80. The second-order valence-corrected chi connectivity index (χ2v) is 3.79. The van der Waals surface area contributed by atoms with Crippen LogP contribution in [0.5, 0.6) is 0 Å². The molecular formula is C11H16O2. The van der Waals surface area contributed by atoms with Crippen LogP contribution >= 0.6 is 0 Å². The molecule has 72 valence electrons. The normalized spacial score (nSPS) is 33.1. The topological polar surface area (TPSA) is 18.5 Å². The molecular weight excluding hydrogens is 164 g/mol. The van der Waals surface area contributed by atoms with Crippen molar-refractivity contribution < 1.29 is 9.47 Å². The number of ether oxygens (including phenoxy) is 2. The maximum Gasteiger partial charge on any atom is 0.156 e. The Hall–Kier alpha value is -0.920. The molecule has 1 heterocycles. The van der Waals surface area contributed by atoms with E-state index < -0.39 is 0 Å². The van der Waals surface area contributed by atoms with Crippen LogP contribution in [-0.4, -0.2) is 13.2 Å². The van der Waals surface area contributed by atoms with E-state index in [1.54, 1.807) is 0 Å². The molecule has 0 spiro atoms. The van der Waals surface area contributed by atoms with Crippen molar-refractivity contribution in [3.8, 4) is 0 Å². The van der Waals surface area contributed by atoms with Gasteiger partial charge in [0, 0.05) is 12.3 Å². The molecule has 0 radical (unpaired) electrons. The quantitative estimate of drug-likeness (QED) is 0.570. The van der Waals surface area contributed by atoms with E-state index in [0.717, 1.165) is 31.2 Å². The first-order chi connectivity index (χ1) is 6.29. The molecule has 1 aliphatic carbocycles. The zero-order valence-corrected chi connectivity index (χ0v) is 8.25. The molecule has 0 amide bonds. The Morgan fingerprint density at radius 1 is 1.23 bits per heavy atom. The van der Waals surface area contributed by atoms with E-state index in [4.69, 9.17) is 9.47 Å². The lowest BCUT2D eigenvalue weighted by Crippen LogP contribution is -2.16. The number of hydrogen-bond acceptors (Lipinski definition) is 2. The highest BCUT2D eigenvalue weighted by atomic mass is 16.5. The lowest BCUT2D eigenvalue weighted by atomic mass is 9.89. The second-order valence-electron chi connectivity index (χ2n) is 3.79. The maximum absolute atomic E-state index is 5.69. The van der Waals surface area contributed by atoms with Gasteiger partial charge in [-0.2, -0.15) is 0 Å². The van der Waals surface area contributed by atoms with Gasteiger partial charge < -0.3 is 9.47 Å². The highest BCUT2D eigenvalue weighted by Crippen LogP contribution is 2.32. The molecule has 0 aromatic heterocycles. The Morgan fingerprint density at radius 3 is 2.85 bits per heavy atom. The lowest BCUT2D eigenvalue weighted by Gasteiger charge is -2.24. The summed E-state index contributed by atoms with van der Waals surface area (Å²) in [6.07, 6.45) is 5.23. The SMILES string of the molecule is CC1C=CC2=C(OCCCO2)C1C. The average Bonchev–Trinajstić information content (AvgIpc) is 2.36. The number of hydrogen-bond donors (Lipinski definition) is 0. The zero-order chi connectivity index (χ0) is 9.26. The molecule has 2 rings (SSSR count). The van der Waals surface area contributed by atoms with Crippen molar-refractivity contribution >= 4 is 0 Å². The maximum atomic E-state index is 5.69. The van der Waals surface area contributed by atoms with Crippen LogP contribution < -0.4 is 0 Å². The van der Waals surface area contributed by atoms with Gasteiger partial charge in [0.15, 0.2) is 5.76 Å². The minimum atomic E-state index is 0.457. The summed E-state index contributed by atoms with van der Waals surface area (Å²) < 4.78 is 11.3. The van der Waals surface area contributed by atoms with Crippen molar-refractivity contribution in [2.24, 2.45) is 11.8 Å². The van der Waals surface area contributed by atoms with Crippen molar-refractivity contribution in [2.45, 2.75) is 20.3 Å². The first-order valence-electron chi connectivity index (χ1n) is 4.97. The molecule has 2 atom stereocenters. The van der Waals surface area contributed by atoms with E-state index in [1.165, 1.54) is 0 Å². The van der Waals surface area contributed by atoms with Gasteiger partial charge in [-0.05, 0) is 12.0 Å². The highest BCUT2D eigenvalue weighted by Gasteiger charge is 2.25. The van der Waals surface area contributed by atoms with Crippen molar-refractivity contribution in [3.63, 3.8) is 0 Å². The summed E-state index contributed by atoms with van der Waals surface area (Å²) >= 11 is 0. The van der Waals surface area contributed by atoms with Crippen molar-refractivity contribution in [3.05, 3.63) is 23.7 Å². The summed E-state index contributed by atoms with van der Waals surface area (Å²) in [5, 5.41) is 0. The molecule has 0 aromatic carbocycles. The van der Waals surface area contributed by atoms with Crippen LogP contribution in [0.15, 0.2) is 23.7 Å². The summed E-state index contributed by atoms with van der Waals surface area (Å²) in [6, 6.07) is 0. The van der Waals surface area contributed by atoms with Crippen LogP contribution in [0, 0.1) is 11.8 Å². The van der Waals surface area contributed by atoms with Gasteiger partial charge in [-0.3, -0.25) is 0 Å². The Kier molecular flexibility index (Phi) is 2.30. The molecule has 0 saturated heterocycles. The average molecular weight is 180 g/mol. The molecule has 2 nitrogen and oxygen atoms in total. The van der Waals surface area contributed by atoms with Crippen LogP contribution in [0.25, 0.3) is 0 Å². The fourth-order valence-corrected chi connectivity index (χ4v) is 1.70. The minimum Gasteiger partial charge on any atom is -0.494 e. The fraction of sp³-hybridized carbons (Fsp3) is 0.636. The van der Waals surface area contributed by atoms with E-state index in [-0.39, 0.29) is 0 Å². The van der Waals surface area contributed by atoms with Gasteiger partial charge in [0.25, 0.3) is 0 Å². The monoisotopic (exact) mass is 180 g/mol. The zero-order valence-electron chi connectivity index (χ0n) is 8.25. The number of rotatable bonds is 0. The molecule has 0 fully saturated rings. The van der Waals surface area contributed by atoms with Crippen LogP contribution in [0.2, 0.25) is 0 Å². The first kappa shape index (κ1) is 8.67. The number of allylic oxidation sites excluding steroid dienone is 3. The van der Waals surface area contributed by atoms with E-state index in [9.17, 15) is 0 Å². The molecule has 0 bridgehead atoms. The van der Waals surface area contributed by atoms with Crippen molar-refractivity contribution in [2.75, 3.05) is 13.2 Å². The molecule has 2 heteroatoms. The smallest absolute Gasteiger partial charge is 0.156 e. The van der Waals surface area contributed by atoms with E-state index in [2.05, 4.69) is 19.9 Å². The molecule has 0 aromatic rings. The largest absolute Gasteiger partial charge is 0.494 e. The fourth-order valence-electron chi connectivity index (χ4n) is 1.70. The van der Waals surface area contributed by atoms with Gasteiger partial charge in [-0.25, -0.2) is 0 Å². The molecule has 1 aliphatic heterocycles. The highest BCUT2D eigenvalue weighted by molar-refractivity contribution is 5.25. The predicted octanol–water partition coefficient (Wildman–Crippen LogP) is 2.48. The van der Waals surface area contributed by atoms with E-state index >= 15 is 0 Å². The molecule has 13 heavy (non-hydrogen) atoms. The molecule has 0 N–H and O–H groups in total. The van der Waals surface area contributed by atoms with Crippen LogP contribution in [0.1, 0.15) is 20.3 Å². The molecule has 0 saturated carbocycles. The predicted molar refractivity (Wildman–Crippen MR) is 51.0 cm³/mol. The van der Waals surface area contributed by atoms with E-state index in [0.29, 0.717) is 11.8 Å². The summed E-state index contributed by atoms with van der Waals surface area (Å²) in [4.78, 5) is 0. The third kappa shape index (κ3) is 1.58. The Balaban J connectivity index is 2.25. The van der Waals surface area contributed by atoms with Gasteiger partial charge in [0.2, 0.25) is 0 Å². The summed E-state index contributed by atoms with van der Waals surface area (Å²) in [6.45, 7) is 5.98. The van der Waals surface area contributed by atoms with Gasteiger partial charge in [0.05, 0.1) is 13.2 Å². The van der Waals surface area contributed by atoms with Crippen molar-refractivity contribution in [1.29, 1.82) is 0 Å². The van der Waals surface area contributed by atoms with E-state index in [1.807, 2.05) is 6.08 Å². The van der Waals surface area contributed by atoms with Gasteiger partial charge in [-0.15, -0.1) is 0 Å². The summed E-state index contributed by atoms with van der Waals surface area (Å²) in [5.41, 5.74) is 0. The Bertz CT molecular complexity index is 253. The van der Waals surface area contributed by atoms with Gasteiger partial charge >= 0.3 is 0 Å². The second kappa shape index (κ2) is 3.44. The summed E-state index contributed by atoms with van der Waals surface area (Å²) in [5.74, 6) is 3.01. The van der Waals surface area contributed by atoms with Crippen LogP contribution in [-0.2, 0) is 9.47 Å². The van der Waals surface area contributed by atoms with Crippen LogP contribution in [0.3, 0.4) is 0 Å². The van der Waals surface area contributed by atoms with Gasteiger partial charge in [-0.1, -0.05) is 19.9 Å². The Labute approximate surface area is 79.2 Å². The third-order valence-corrected chi connectivity index (χ3v) is 2.80. The standard InChI is InChI=1S/C11H16O2/c1-8-4-5-10-11(9(8)2)13-7-3-6-12-10/h4-5,8-9H,3,6-7H2,1-2H3. The molecule has 2 unspecified atom stereocenters. The van der Waals surface area contributed by atoms with Crippen LogP contribution in [0.4, 0.5) is 0 Å². The Morgan fingerprint density at radius 2 is 2.00 bits per heavy atom. The molecule has 2 aliphatic rings. The summed E-state index contributed by atoms with van der Waals surface area (Å²) in [7, 11) is 0. The minimum absolute atomic E-state index is 0.457.